The Morgan fingerprint density at radius 3 is 1.64 bits per heavy atom. The van der Waals surface area contributed by atoms with Crippen LogP contribution in [0.1, 0.15) is 19.3 Å². The van der Waals surface area contributed by atoms with Gasteiger partial charge in [-0.25, -0.2) is 0 Å². The van der Waals surface area contributed by atoms with Gasteiger partial charge < -0.3 is 0 Å². The van der Waals surface area contributed by atoms with Gasteiger partial charge in [0, 0.05) is 0 Å². The Hall–Kier alpha value is -1.22. The van der Waals surface area contributed by atoms with Crippen LogP contribution in [0.4, 0.5) is 0 Å². The van der Waals surface area contributed by atoms with Crippen LogP contribution >= 0.6 is 0 Å². The van der Waals surface area contributed by atoms with Gasteiger partial charge in [0.2, 0.25) is 0 Å². The summed E-state index contributed by atoms with van der Waals surface area (Å²) in [6.07, 6.45) is 15.3. The largest absolute Gasteiger partial charge is 0.129 e. The van der Waals surface area contributed by atoms with Gasteiger partial charge in [-0.15, -0.1) is 11.5 Å². The first-order valence-corrected chi connectivity index (χ1v) is 3.94. The fourth-order valence-corrected chi connectivity index (χ4v) is 0.826. The molecule has 0 radical (unpaired) electrons. The Kier molecular flexibility index (Phi) is 3.98. The smallest absolute Gasteiger partial charge is 0.00170 e. The van der Waals surface area contributed by atoms with E-state index in [1.165, 1.54) is 0 Å². The molecule has 0 nitrogen and oxygen atoms in total. The minimum atomic E-state index is 0.938. The first-order valence-electron chi connectivity index (χ1n) is 3.94. The maximum Gasteiger partial charge on any atom is -0.00170 e. The Morgan fingerprint density at radius 2 is 1.09 bits per heavy atom. The summed E-state index contributed by atoms with van der Waals surface area (Å²) in [6.45, 7) is 0. The highest BCUT2D eigenvalue weighted by molar-refractivity contribution is 5.01. The van der Waals surface area contributed by atoms with Crippen molar-refractivity contribution in [1.82, 2.24) is 0 Å². The average Bonchev–Trinajstić information content (AvgIpc) is 2.08. The molecule has 0 heteroatoms. The molecule has 0 aromatic rings. The first kappa shape index (κ1) is 7.88. The molecule has 0 aromatic carbocycles. The lowest BCUT2D eigenvalue weighted by Crippen LogP contribution is -1.57. The van der Waals surface area contributed by atoms with E-state index >= 15 is 0 Å². The van der Waals surface area contributed by atoms with Crippen molar-refractivity contribution >= 4 is 0 Å². The molecule has 11 heavy (non-hydrogen) atoms. The Bertz CT molecular complexity index is 215. The molecule has 0 aromatic heterocycles. The Labute approximate surface area is 67.9 Å². The number of rotatable bonds is 0. The molecule has 0 spiro atoms. The molecule has 0 fully saturated rings. The molecule has 0 heterocycles. The second kappa shape index (κ2) is 5.56. The predicted octanol–water partition coefficient (Wildman–Crippen LogP) is 3.15. The molecule has 0 amide bonds. The van der Waals surface area contributed by atoms with Crippen molar-refractivity contribution in [2.75, 3.05) is 0 Å². The molecule has 0 N–H and O–H groups in total. The Morgan fingerprint density at radius 1 is 0.636 bits per heavy atom. The molecule has 1 aliphatic rings. The second-order valence-electron chi connectivity index (χ2n) is 2.33. The van der Waals surface area contributed by atoms with Crippen LogP contribution in [0.15, 0.2) is 47.9 Å². The summed E-state index contributed by atoms with van der Waals surface area (Å²) in [5, 5.41) is 0. The average molecular weight is 144 g/mol. The summed E-state index contributed by atoms with van der Waals surface area (Å²) in [7, 11) is 0. The van der Waals surface area contributed by atoms with Gasteiger partial charge in [-0.1, -0.05) is 12.2 Å². The number of hydrogen-bond donors (Lipinski definition) is 0. The molecule has 1 aliphatic carbocycles. The third-order valence-electron chi connectivity index (χ3n) is 1.38. The van der Waals surface area contributed by atoms with E-state index in [1.807, 2.05) is 24.3 Å². The van der Waals surface area contributed by atoms with E-state index in [0.29, 0.717) is 0 Å². The number of hydrogen-bond acceptors (Lipinski definition) is 0. The zero-order valence-corrected chi connectivity index (χ0v) is 6.59. The molecule has 0 unspecified atom stereocenters. The molecular weight excluding hydrogens is 132 g/mol. The predicted molar refractivity (Wildman–Crippen MR) is 48.3 cm³/mol. The highest BCUT2D eigenvalue weighted by Gasteiger charge is 1.72. The van der Waals surface area contributed by atoms with E-state index in [-0.39, 0.29) is 0 Å². The molecular formula is C11H12. The van der Waals surface area contributed by atoms with Crippen LogP contribution in [0.3, 0.4) is 0 Å². The second-order valence-corrected chi connectivity index (χ2v) is 2.33. The van der Waals surface area contributed by atoms with E-state index in [9.17, 15) is 0 Å². The highest BCUT2D eigenvalue weighted by atomic mass is 13.8. The topological polar surface area (TPSA) is 0 Å². The van der Waals surface area contributed by atoms with Gasteiger partial charge in [0.15, 0.2) is 0 Å². The molecule has 0 aliphatic heterocycles. The maximum atomic E-state index is 3.10. The van der Waals surface area contributed by atoms with Crippen molar-refractivity contribution in [3.63, 3.8) is 0 Å². The first-order chi connectivity index (χ1) is 5.50. The molecule has 0 atom stereocenters. The standard InChI is InChI=1S/C11H12/c1-2-4-6-8-10-11-9-7-5-3-1/h1-2,5-6,9-10H,3-4,11H2/b2-1-. The summed E-state index contributed by atoms with van der Waals surface area (Å²) < 4.78 is 0. The molecule has 0 saturated carbocycles. The maximum absolute atomic E-state index is 3.10. The highest BCUT2D eigenvalue weighted by Crippen LogP contribution is 1.92. The monoisotopic (exact) mass is 144 g/mol. The normalized spacial score (nSPS) is 19.6. The van der Waals surface area contributed by atoms with E-state index < -0.39 is 0 Å². The van der Waals surface area contributed by atoms with E-state index in [0.717, 1.165) is 19.3 Å². The van der Waals surface area contributed by atoms with E-state index in [1.54, 1.807) is 0 Å². The minimum Gasteiger partial charge on any atom is -0.129 e. The molecule has 0 bridgehead atoms. The van der Waals surface area contributed by atoms with Crippen molar-refractivity contribution in [2.45, 2.75) is 19.3 Å². The number of allylic oxidation sites excluding steroid dienone is 4. The van der Waals surface area contributed by atoms with Crippen LogP contribution in [0.5, 0.6) is 0 Å². The van der Waals surface area contributed by atoms with Crippen LogP contribution in [0.2, 0.25) is 0 Å². The van der Waals surface area contributed by atoms with Crippen LogP contribution in [-0.4, -0.2) is 0 Å². The SMILES string of the molecule is C1=CCC=C=CC/C=C\CC=1. The van der Waals surface area contributed by atoms with E-state index in [2.05, 4.69) is 23.6 Å². The quantitative estimate of drug-likeness (QED) is 0.362. The zero-order valence-electron chi connectivity index (χ0n) is 6.59. The Balaban J connectivity index is 2.62. The van der Waals surface area contributed by atoms with Crippen molar-refractivity contribution in [3.05, 3.63) is 47.9 Å². The van der Waals surface area contributed by atoms with Crippen LogP contribution in [0.25, 0.3) is 0 Å². The van der Waals surface area contributed by atoms with Crippen molar-refractivity contribution < 1.29 is 0 Å². The van der Waals surface area contributed by atoms with Gasteiger partial charge in [-0.05, 0) is 43.6 Å². The fourth-order valence-electron chi connectivity index (χ4n) is 0.826. The summed E-state index contributed by atoms with van der Waals surface area (Å²) >= 11 is 0. The third-order valence-corrected chi connectivity index (χ3v) is 1.38. The van der Waals surface area contributed by atoms with Crippen LogP contribution in [0, 0.1) is 0 Å². The van der Waals surface area contributed by atoms with Crippen molar-refractivity contribution in [1.29, 1.82) is 0 Å². The van der Waals surface area contributed by atoms with Gasteiger partial charge in [0.1, 0.15) is 0 Å². The van der Waals surface area contributed by atoms with Crippen LogP contribution in [-0.2, 0) is 0 Å². The minimum absolute atomic E-state index is 0.938. The summed E-state index contributed by atoms with van der Waals surface area (Å²) in [4.78, 5) is 0. The van der Waals surface area contributed by atoms with Crippen molar-refractivity contribution in [2.24, 2.45) is 0 Å². The summed E-state index contributed by atoms with van der Waals surface area (Å²) in [6, 6.07) is 0. The van der Waals surface area contributed by atoms with Gasteiger partial charge in [0.05, 0.1) is 0 Å². The van der Waals surface area contributed by atoms with Gasteiger partial charge in [-0.2, -0.15) is 0 Å². The molecule has 1 rings (SSSR count). The van der Waals surface area contributed by atoms with Gasteiger partial charge >= 0.3 is 0 Å². The van der Waals surface area contributed by atoms with Crippen molar-refractivity contribution in [3.8, 4) is 0 Å². The van der Waals surface area contributed by atoms with Crippen LogP contribution < -0.4 is 0 Å². The zero-order chi connectivity index (χ0) is 7.78. The fraction of sp³-hybridized carbons (Fsp3) is 0.273. The summed E-state index contributed by atoms with van der Waals surface area (Å²) in [5.41, 5.74) is 6.19. The third kappa shape index (κ3) is 4.22. The lowest BCUT2D eigenvalue weighted by molar-refractivity contribution is 1.32. The lowest BCUT2D eigenvalue weighted by Gasteiger charge is -1.77. The van der Waals surface area contributed by atoms with Gasteiger partial charge in [0.25, 0.3) is 0 Å². The lowest BCUT2D eigenvalue weighted by atomic mass is 10.3. The molecule has 0 saturated heterocycles. The van der Waals surface area contributed by atoms with E-state index in [4.69, 9.17) is 0 Å². The molecule has 56 valence electrons. The van der Waals surface area contributed by atoms with Gasteiger partial charge in [-0.3, -0.25) is 0 Å². The summed E-state index contributed by atoms with van der Waals surface area (Å²) in [5.74, 6) is 0.